The van der Waals surface area contributed by atoms with E-state index in [2.05, 4.69) is 15.2 Å². The van der Waals surface area contributed by atoms with Crippen LogP contribution in [-0.4, -0.2) is 35.6 Å². The smallest absolute Gasteiger partial charge is 0.147 e. The Morgan fingerprint density at radius 2 is 2.36 bits per heavy atom. The Hall–Kier alpha value is -0.910. The highest BCUT2D eigenvalue weighted by Crippen LogP contribution is 1.91. The molecule has 6 heteroatoms. The standard InChI is InChI=1S/C5H9N3O2S/c1-11(9,10)3-2-5-6-4-7-8-5/h4H,2-3H2,1H3,(H,6,7,8). The molecule has 0 aromatic carbocycles. The molecule has 0 amide bonds. The predicted molar refractivity (Wildman–Crippen MR) is 39.8 cm³/mol. The van der Waals surface area contributed by atoms with Crippen LogP contribution in [-0.2, 0) is 16.3 Å². The van der Waals surface area contributed by atoms with Gasteiger partial charge < -0.3 is 0 Å². The third-order valence-electron chi connectivity index (χ3n) is 1.17. The van der Waals surface area contributed by atoms with Gasteiger partial charge in [0.05, 0.1) is 5.75 Å². The van der Waals surface area contributed by atoms with E-state index in [4.69, 9.17) is 0 Å². The molecule has 0 unspecified atom stereocenters. The van der Waals surface area contributed by atoms with Crippen LogP contribution in [0.4, 0.5) is 0 Å². The number of aromatic amines is 1. The number of nitrogens with one attached hydrogen (secondary N) is 1. The summed E-state index contributed by atoms with van der Waals surface area (Å²) in [4.78, 5) is 3.79. The maximum atomic E-state index is 10.7. The highest BCUT2D eigenvalue weighted by molar-refractivity contribution is 7.90. The van der Waals surface area contributed by atoms with Gasteiger partial charge in [-0.15, -0.1) is 0 Å². The van der Waals surface area contributed by atoms with E-state index < -0.39 is 9.84 Å². The van der Waals surface area contributed by atoms with Crippen molar-refractivity contribution >= 4 is 9.84 Å². The maximum Gasteiger partial charge on any atom is 0.147 e. The highest BCUT2D eigenvalue weighted by Gasteiger charge is 2.03. The van der Waals surface area contributed by atoms with Gasteiger partial charge in [-0.3, -0.25) is 5.10 Å². The molecular weight excluding hydrogens is 166 g/mol. The topological polar surface area (TPSA) is 75.7 Å². The lowest BCUT2D eigenvalue weighted by Crippen LogP contribution is -2.06. The van der Waals surface area contributed by atoms with Crippen molar-refractivity contribution in [2.75, 3.05) is 12.0 Å². The van der Waals surface area contributed by atoms with Crippen molar-refractivity contribution in [3.63, 3.8) is 0 Å². The summed E-state index contributed by atoms with van der Waals surface area (Å²) >= 11 is 0. The lowest BCUT2D eigenvalue weighted by Gasteiger charge is -1.92. The zero-order valence-corrected chi connectivity index (χ0v) is 6.93. The summed E-state index contributed by atoms with van der Waals surface area (Å²) in [7, 11) is -2.89. The van der Waals surface area contributed by atoms with Crippen LogP contribution in [0.5, 0.6) is 0 Å². The second-order valence-electron chi connectivity index (χ2n) is 2.31. The van der Waals surface area contributed by atoms with Gasteiger partial charge in [-0.2, -0.15) is 5.10 Å². The molecule has 0 atom stereocenters. The van der Waals surface area contributed by atoms with Gasteiger partial charge in [-0.25, -0.2) is 13.4 Å². The van der Waals surface area contributed by atoms with Crippen LogP contribution in [0, 0.1) is 0 Å². The first-order chi connectivity index (χ1) is 5.08. The summed E-state index contributed by atoms with van der Waals surface area (Å²) in [5.74, 6) is 0.720. The summed E-state index contributed by atoms with van der Waals surface area (Å²) in [5, 5.41) is 6.18. The Balaban J connectivity index is 2.48. The van der Waals surface area contributed by atoms with E-state index in [1.54, 1.807) is 0 Å². The van der Waals surface area contributed by atoms with Crippen molar-refractivity contribution in [1.82, 2.24) is 15.2 Å². The van der Waals surface area contributed by atoms with Gasteiger partial charge in [-0.05, 0) is 0 Å². The van der Waals surface area contributed by atoms with Gasteiger partial charge >= 0.3 is 0 Å². The van der Waals surface area contributed by atoms with Crippen LogP contribution in [0.15, 0.2) is 6.33 Å². The molecule has 0 bridgehead atoms. The van der Waals surface area contributed by atoms with Crippen molar-refractivity contribution in [3.05, 3.63) is 12.2 Å². The third kappa shape index (κ3) is 3.13. The Labute approximate surface area is 64.8 Å². The minimum atomic E-state index is -2.89. The van der Waals surface area contributed by atoms with E-state index in [1.165, 1.54) is 12.6 Å². The molecule has 0 fully saturated rings. The summed E-state index contributed by atoms with van der Waals surface area (Å²) < 4.78 is 21.3. The van der Waals surface area contributed by atoms with Gasteiger partial charge in [0.25, 0.3) is 0 Å². The number of rotatable bonds is 3. The zero-order valence-electron chi connectivity index (χ0n) is 6.11. The number of nitrogens with zero attached hydrogens (tertiary/aromatic N) is 2. The number of hydrogen-bond acceptors (Lipinski definition) is 4. The van der Waals surface area contributed by atoms with Crippen molar-refractivity contribution < 1.29 is 8.42 Å². The minimum Gasteiger partial charge on any atom is -0.263 e. The van der Waals surface area contributed by atoms with Crippen molar-refractivity contribution in [3.8, 4) is 0 Å². The molecule has 0 aliphatic rings. The monoisotopic (exact) mass is 175 g/mol. The first-order valence-corrected chi connectivity index (χ1v) is 5.16. The summed E-state index contributed by atoms with van der Waals surface area (Å²) in [6.07, 6.45) is 2.96. The zero-order chi connectivity index (χ0) is 8.32. The number of aryl methyl sites for hydroxylation is 1. The average molecular weight is 175 g/mol. The molecular formula is C5H9N3O2S. The molecule has 1 N–H and O–H groups in total. The van der Waals surface area contributed by atoms with Crippen LogP contribution in [0.25, 0.3) is 0 Å². The Morgan fingerprint density at radius 3 is 2.82 bits per heavy atom. The summed E-state index contributed by atoms with van der Waals surface area (Å²) in [6, 6.07) is 0. The quantitative estimate of drug-likeness (QED) is 0.665. The molecule has 1 aromatic heterocycles. The van der Waals surface area contributed by atoms with Gasteiger partial charge in [0, 0.05) is 12.7 Å². The molecule has 1 heterocycles. The van der Waals surface area contributed by atoms with E-state index >= 15 is 0 Å². The van der Waals surface area contributed by atoms with Crippen LogP contribution in [0.2, 0.25) is 0 Å². The molecule has 0 saturated heterocycles. The number of H-pyrrole nitrogens is 1. The SMILES string of the molecule is CS(=O)(=O)CCc1ncn[nH]1. The number of aromatic nitrogens is 3. The first kappa shape index (κ1) is 8.19. The molecule has 0 aliphatic heterocycles. The molecule has 0 radical (unpaired) electrons. The maximum absolute atomic E-state index is 10.7. The van der Waals surface area contributed by atoms with Crippen LogP contribution in [0.1, 0.15) is 5.82 Å². The third-order valence-corrected chi connectivity index (χ3v) is 2.12. The Bertz CT molecular complexity index is 302. The van der Waals surface area contributed by atoms with E-state index in [1.807, 2.05) is 0 Å². The molecule has 62 valence electrons. The first-order valence-electron chi connectivity index (χ1n) is 3.10. The second-order valence-corrected chi connectivity index (χ2v) is 4.57. The molecule has 0 aliphatic carbocycles. The average Bonchev–Trinajstić information content (AvgIpc) is 2.32. The lowest BCUT2D eigenvalue weighted by molar-refractivity contribution is 0.600. The van der Waals surface area contributed by atoms with E-state index in [0.717, 1.165) is 0 Å². The second kappa shape index (κ2) is 3.00. The normalized spacial score (nSPS) is 11.7. The van der Waals surface area contributed by atoms with Crippen molar-refractivity contribution in [1.29, 1.82) is 0 Å². The fraction of sp³-hybridized carbons (Fsp3) is 0.600. The molecule has 1 aromatic rings. The number of hydrogen-bond donors (Lipinski definition) is 1. The molecule has 5 nitrogen and oxygen atoms in total. The van der Waals surface area contributed by atoms with Crippen molar-refractivity contribution in [2.45, 2.75) is 6.42 Å². The lowest BCUT2D eigenvalue weighted by atomic mass is 10.5. The Kier molecular flexibility index (Phi) is 2.23. The van der Waals surface area contributed by atoms with Gasteiger partial charge in [0.1, 0.15) is 22.0 Å². The molecule has 0 saturated carbocycles. The Morgan fingerprint density at radius 1 is 1.64 bits per heavy atom. The molecule has 0 spiro atoms. The fourth-order valence-electron chi connectivity index (χ4n) is 0.633. The van der Waals surface area contributed by atoms with Crippen molar-refractivity contribution in [2.24, 2.45) is 0 Å². The number of sulfone groups is 1. The fourth-order valence-corrected chi connectivity index (χ4v) is 1.20. The molecule has 1 rings (SSSR count). The van der Waals surface area contributed by atoms with E-state index in [9.17, 15) is 8.42 Å². The van der Waals surface area contributed by atoms with E-state index in [-0.39, 0.29) is 5.75 Å². The van der Waals surface area contributed by atoms with Gasteiger partial charge in [0.15, 0.2) is 0 Å². The summed E-state index contributed by atoms with van der Waals surface area (Å²) in [5.41, 5.74) is 0. The van der Waals surface area contributed by atoms with Gasteiger partial charge in [0.2, 0.25) is 0 Å². The van der Waals surface area contributed by atoms with E-state index in [0.29, 0.717) is 12.2 Å². The van der Waals surface area contributed by atoms with Crippen LogP contribution in [0.3, 0.4) is 0 Å². The summed E-state index contributed by atoms with van der Waals surface area (Å²) in [6.45, 7) is 0. The minimum absolute atomic E-state index is 0.113. The highest BCUT2D eigenvalue weighted by atomic mass is 32.2. The van der Waals surface area contributed by atoms with Crippen LogP contribution < -0.4 is 0 Å². The van der Waals surface area contributed by atoms with Gasteiger partial charge in [-0.1, -0.05) is 0 Å². The largest absolute Gasteiger partial charge is 0.263 e. The molecule has 11 heavy (non-hydrogen) atoms. The van der Waals surface area contributed by atoms with Crippen LogP contribution >= 0.6 is 0 Å². The predicted octanol–water partition coefficient (Wildman–Crippen LogP) is -0.608.